The van der Waals surface area contributed by atoms with E-state index in [1.54, 1.807) is 7.05 Å². The van der Waals surface area contributed by atoms with E-state index in [0.29, 0.717) is 18.4 Å². The maximum atomic E-state index is 11.7. The van der Waals surface area contributed by atoms with Crippen LogP contribution in [0.2, 0.25) is 0 Å². The molecule has 2 aliphatic rings. The average Bonchev–Trinajstić information content (AvgIpc) is 2.79. The van der Waals surface area contributed by atoms with E-state index in [-0.39, 0.29) is 29.9 Å². The molecule has 2 heterocycles. The Balaban J connectivity index is 0.00000341. The molecule has 1 aromatic rings. The third kappa shape index (κ3) is 7.34. The largest absolute Gasteiger partial charge is 0.359 e. The molecule has 1 amide bonds. The van der Waals surface area contributed by atoms with Gasteiger partial charge in [0.1, 0.15) is 0 Å². The molecule has 1 atom stereocenters. The van der Waals surface area contributed by atoms with Gasteiger partial charge >= 0.3 is 0 Å². The Bertz CT molecular complexity index is 718. The minimum absolute atomic E-state index is 0. The van der Waals surface area contributed by atoms with Crippen LogP contribution in [-0.4, -0.2) is 67.5 Å². The number of carbonyl (C=O) groups is 1. The van der Waals surface area contributed by atoms with Gasteiger partial charge in [-0.2, -0.15) is 0 Å². The number of aliphatic imine (C=N–C) groups is 1. The summed E-state index contributed by atoms with van der Waals surface area (Å²) in [5.74, 6) is 1.68. The van der Waals surface area contributed by atoms with Crippen LogP contribution < -0.4 is 10.6 Å². The fourth-order valence-electron chi connectivity index (χ4n) is 4.66. The standard InChI is InChI=1S/C24H39N5O.HI/c1-4-22(29-15-12-20-8-6-7-9-21(20)18-29)17-27-24(26-5-2)28-13-10-19(11-14-28)16-23(30)25-3;/h6-9,19,22H,4-5,10-18H2,1-3H3,(H,25,30)(H,26,27);1H. The number of fused-ring (bicyclic) bond motifs is 1. The lowest BCUT2D eigenvalue weighted by Gasteiger charge is -2.36. The quantitative estimate of drug-likeness (QED) is 0.316. The molecule has 0 bridgehead atoms. The number of piperidine rings is 1. The van der Waals surface area contributed by atoms with Crippen LogP contribution in [0.15, 0.2) is 29.3 Å². The lowest BCUT2D eigenvalue weighted by atomic mass is 9.93. The number of nitrogens with zero attached hydrogens (tertiary/aromatic N) is 3. The SMILES string of the molecule is CCNC(=NCC(CC)N1CCc2ccccc2C1)N1CCC(CC(=O)NC)CC1.I. The second kappa shape index (κ2) is 13.3. The van der Waals surface area contributed by atoms with E-state index in [1.165, 1.54) is 11.1 Å². The van der Waals surface area contributed by atoms with E-state index in [0.717, 1.165) is 70.9 Å². The van der Waals surface area contributed by atoms with E-state index in [2.05, 4.69) is 58.5 Å². The lowest BCUT2D eigenvalue weighted by molar-refractivity contribution is -0.121. The molecule has 7 heteroatoms. The number of guanidine groups is 1. The molecule has 0 radical (unpaired) electrons. The highest BCUT2D eigenvalue weighted by molar-refractivity contribution is 14.0. The van der Waals surface area contributed by atoms with Crippen LogP contribution >= 0.6 is 24.0 Å². The van der Waals surface area contributed by atoms with Crippen molar-refractivity contribution in [2.45, 2.75) is 58.5 Å². The van der Waals surface area contributed by atoms with E-state index >= 15 is 0 Å². The molecule has 0 aromatic heterocycles. The van der Waals surface area contributed by atoms with E-state index in [1.807, 2.05) is 0 Å². The highest BCUT2D eigenvalue weighted by Gasteiger charge is 2.25. The first kappa shape index (κ1) is 25.9. The Morgan fingerprint density at radius 2 is 1.87 bits per heavy atom. The number of benzene rings is 1. The van der Waals surface area contributed by atoms with Gasteiger partial charge in [-0.3, -0.25) is 14.7 Å². The summed E-state index contributed by atoms with van der Waals surface area (Å²) in [7, 11) is 1.72. The first-order valence-electron chi connectivity index (χ1n) is 11.7. The molecule has 1 aromatic carbocycles. The van der Waals surface area contributed by atoms with Gasteiger partial charge in [0.05, 0.1) is 6.54 Å². The Hall–Kier alpha value is -1.35. The van der Waals surface area contributed by atoms with Crippen molar-refractivity contribution in [3.8, 4) is 0 Å². The van der Waals surface area contributed by atoms with Crippen molar-refractivity contribution in [2.75, 3.05) is 39.8 Å². The van der Waals surface area contributed by atoms with Crippen LogP contribution in [-0.2, 0) is 17.8 Å². The number of halogens is 1. The number of carbonyl (C=O) groups excluding carboxylic acids is 1. The number of likely N-dealkylation sites (tertiary alicyclic amines) is 1. The number of amides is 1. The molecule has 2 aliphatic heterocycles. The maximum Gasteiger partial charge on any atom is 0.220 e. The zero-order valence-corrected chi connectivity index (χ0v) is 21.7. The second-order valence-electron chi connectivity index (χ2n) is 8.55. The van der Waals surface area contributed by atoms with E-state index in [9.17, 15) is 4.79 Å². The predicted octanol–water partition coefficient (Wildman–Crippen LogP) is 3.25. The summed E-state index contributed by atoms with van der Waals surface area (Å²) in [4.78, 5) is 21.7. The smallest absolute Gasteiger partial charge is 0.220 e. The highest BCUT2D eigenvalue weighted by atomic mass is 127. The molecule has 3 rings (SSSR count). The number of hydrogen-bond donors (Lipinski definition) is 2. The molecule has 174 valence electrons. The van der Waals surface area contributed by atoms with Gasteiger partial charge < -0.3 is 15.5 Å². The van der Waals surface area contributed by atoms with Crippen molar-refractivity contribution in [3.05, 3.63) is 35.4 Å². The molecular formula is C24H40IN5O. The summed E-state index contributed by atoms with van der Waals surface area (Å²) < 4.78 is 0. The zero-order valence-electron chi connectivity index (χ0n) is 19.4. The molecule has 0 aliphatic carbocycles. The fourth-order valence-corrected chi connectivity index (χ4v) is 4.66. The van der Waals surface area contributed by atoms with Gasteiger partial charge in [0.2, 0.25) is 5.91 Å². The van der Waals surface area contributed by atoms with Crippen LogP contribution in [0.25, 0.3) is 0 Å². The molecule has 0 saturated carbocycles. The first-order chi connectivity index (χ1) is 14.6. The predicted molar refractivity (Wildman–Crippen MR) is 139 cm³/mol. The summed E-state index contributed by atoms with van der Waals surface area (Å²) >= 11 is 0. The van der Waals surface area contributed by atoms with Crippen LogP contribution in [0.1, 0.15) is 50.7 Å². The van der Waals surface area contributed by atoms with Gasteiger partial charge in [0.25, 0.3) is 0 Å². The number of nitrogens with one attached hydrogen (secondary N) is 2. The van der Waals surface area contributed by atoms with Crippen molar-refractivity contribution in [1.29, 1.82) is 0 Å². The summed E-state index contributed by atoms with van der Waals surface area (Å²) in [5.41, 5.74) is 2.97. The van der Waals surface area contributed by atoms with Crippen molar-refractivity contribution in [1.82, 2.24) is 20.4 Å². The third-order valence-corrected chi connectivity index (χ3v) is 6.60. The highest BCUT2D eigenvalue weighted by Crippen LogP contribution is 2.22. The van der Waals surface area contributed by atoms with Gasteiger partial charge in [-0.15, -0.1) is 24.0 Å². The maximum absolute atomic E-state index is 11.7. The molecular weight excluding hydrogens is 501 g/mol. The third-order valence-electron chi connectivity index (χ3n) is 6.60. The first-order valence-corrected chi connectivity index (χ1v) is 11.7. The number of rotatable bonds is 7. The average molecular weight is 542 g/mol. The normalized spacial score (nSPS) is 18.7. The zero-order chi connectivity index (χ0) is 21.3. The fraction of sp³-hybridized carbons (Fsp3) is 0.667. The van der Waals surface area contributed by atoms with Gasteiger partial charge in [0.15, 0.2) is 5.96 Å². The lowest BCUT2D eigenvalue weighted by Crippen LogP contribution is -2.47. The van der Waals surface area contributed by atoms with Gasteiger partial charge in [-0.05, 0) is 49.7 Å². The minimum Gasteiger partial charge on any atom is -0.359 e. The Morgan fingerprint density at radius 1 is 1.16 bits per heavy atom. The summed E-state index contributed by atoms with van der Waals surface area (Å²) in [6.45, 7) is 10.2. The molecule has 0 spiro atoms. The Kier molecular flexibility index (Phi) is 11.1. The van der Waals surface area contributed by atoms with Gasteiger partial charge in [0, 0.05) is 52.2 Å². The Morgan fingerprint density at radius 3 is 2.52 bits per heavy atom. The van der Waals surface area contributed by atoms with Crippen molar-refractivity contribution >= 4 is 35.8 Å². The molecule has 6 nitrogen and oxygen atoms in total. The molecule has 1 fully saturated rings. The molecule has 31 heavy (non-hydrogen) atoms. The topological polar surface area (TPSA) is 60.0 Å². The summed E-state index contributed by atoms with van der Waals surface area (Å²) in [5, 5.41) is 6.25. The van der Waals surface area contributed by atoms with Crippen LogP contribution in [0.3, 0.4) is 0 Å². The van der Waals surface area contributed by atoms with E-state index in [4.69, 9.17) is 4.99 Å². The minimum atomic E-state index is 0. The summed E-state index contributed by atoms with van der Waals surface area (Å²) in [6.07, 6.45) is 5.00. The monoisotopic (exact) mass is 541 g/mol. The summed E-state index contributed by atoms with van der Waals surface area (Å²) in [6, 6.07) is 9.31. The van der Waals surface area contributed by atoms with E-state index < -0.39 is 0 Å². The van der Waals surface area contributed by atoms with Crippen LogP contribution in [0.5, 0.6) is 0 Å². The number of hydrogen-bond acceptors (Lipinski definition) is 3. The molecule has 2 N–H and O–H groups in total. The van der Waals surface area contributed by atoms with Crippen molar-refractivity contribution in [3.63, 3.8) is 0 Å². The van der Waals surface area contributed by atoms with Crippen molar-refractivity contribution < 1.29 is 4.79 Å². The van der Waals surface area contributed by atoms with Crippen LogP contribution in [0.4, 0.5) is 0 Å². The van der Waals surface area contributed by atoms with Gasteiger partial charge in [-0.25, -0.2) is 0 Å². The second-order valence-corrected chi connectivity index (χ2v) is 8.55. The Labute approximate surface area is 205 Å². The van der Waals surface area contributed by atoms with Gasteiger partial charge in [-0.1, -0.05) is 31.2 Å². The molecule has 1 unspecified atom stereocenters. The van der Waals surface area contributed by atoms with Crippen LogP contribution in [0, 0.1) is 5.92 Å². The van der Waals surface area contributed by atoms with Crippen molar-refractivity contribution in [2.24, 2.45) is 10.9 Å². The molecule has 1 saturated heterocycles.